The van der Waals surface area contributed by atoms with Gasteiger partial charge in [-0.05, 0) is 48.0 Å². The average molecular weight is 353 g/mol. The third kappa shape index (κ3) is 3.51. The number of furan rings is 2. The van der Waals surface area contributed by atoms with E-state index < -0.39 is 0 Å². The number of hydrogen-bond acceptors (Lipinski definition) is 4. The summed E-state index contributed by atoms with van der Waals surface area (Å²) in [5.74, 6) is 1.67. The number of H-pyrrole nitrogens is 1. The highest BCUT2D eigenvalue weighted by molar-refractivity contribution is 5.84. The maximum absolute atomic E-state index is 11.2. The lowest BCUT2D eigenvalue weighted by Gasteiger charge is -2.28. The summed E-state index contributed by atoms with van der Waals surface area (Å²) in [7, 11) is 0. The number of phenols is 1. The summed E-state index contributed by atoms with van der Waals surface area (Å²) >= 11 is 0. The molecule has 0 fully saturated rings. The second kappa shape index (κ2) is 6.74. The Morgan fingerprint density at radius 2 is 1.65 bits per heavy atom. The topological polar surface area (TPSA) is 82.5 Å². The van der Waals surface area contributed by atoms with Crippen LogP contribution < -0.4 is 0 Å². The zero-order valence-electron chi connectivity index (χ0n) is 14.3. The van der Waals surface area contributed by atoms with Crippen molar-refractivity contribution in [2.75, 3.05) is 6.54 Å². The standard InChI is InChI=1S/C20H20N2O4/c23-16-5-6-20-19(11-16)15(12-21-20)7-8-22(24,13-17-3-1-9-25-17)14-18-4-2-10-26-18/h1-6,9-12,21,24H,7-8,13-14H2/p+1. The first-order valence-corrected chi connectivity index (χ1v) is 8.54. The van der Waals surface area contributed by atoms with Crippen LogP contribution in [0.15, 0.2) is 70.0 Å². The first-order chi connectivity index (χ1) is 12.6. The molecule has 3 aromatic heterocycles. The fourth-order valence-electron chi connectivity index (χ4n) is 3.30. The first kappa shape index (κ1) is 16.5. The van der Waals surface area contributed by atoms with E-state index in [2.05, 4.69) is 4.98 Å². The van der Waals surface area contributed by atoms with Crippen LogP contribution in [0.4, 0.5) is 0 Å². The maximum atomic E-state index is 11.2. The molecule has 0 aliphatic rings. The second-order valence-corrected chi connectivity index (χ2v) is 6.59. The molecule has 0 aliphatic carbocycles. The summed E-state index contributed by atoms with van der Waals surface area (Å²) < 4.78 is 10.6. The van der Waals surface area contributed by atoms with Crippen LogP contribution in [0.2, 0.25) is 0 Å². The number of nitrogens with zero attached hydrogens (tertiary/aromatic N) is 1. The molecule has 0 bridgehead atoms. The smallest absolute Gasteiger partial charge is 0.167 e. The number of fused-ring (bicyclic) bond motifs is 1. The van der Waals surface area contributed by atoms with Gasteiger partial charge in [0.15, 0.2) is 24.6 Å². The molecule has 0 atom stereocenters. The molecule has 3 heterocycles. The molecule has 1 aromatic carbocycles. The Morgan fingerprint density at radius 3 is 2.27 bits per heavy atom. The van der Waals surface area contributed by atoms with Crippen molar-refractivity contribution >= 4 is 10.9 Å². The largest absolute Gasteiger partial charge is 0.508 e. The summed E-state index contributed by atoms with van der Waals surface area (Å²) in [5, 5.41) is 22.0. The van der Waals surface area contributed by atoms with Crippen LogP contribution in [0.5, 0.6) is 5.75 Å². The van der Waals surface area contributed by atoms with Crippen molar-refractivity contribution in [3.63, 3.8) is 0 Å². The molecule has 26 heavy (non-hydrogen) atoms. The molecule has 3 N–H and O–H groups in total. The monoisotopic (exact) mass is 353 g/mol. The minimum atomic E-state index is -0.230. The van der Waals surface area contributed by atoms with E-state index in [0.717, 1.165) is 28.0 Å². The van der Waals surface area contributed by atoms with E-state index in [-0.39, 0.29) is 10.4 Å². The van der Waals surface area contributed by atoms with Crippen LogP contribution in [0.1, 0.15) is 17.1 Å². The number of benzene rings is 1. The van der Waals surface area contributed by atoms with Gasteiger partial charge >= 0.3 is 0 Å². The molecule has 4 aromatic rings. The van der Waals surface area contributed by atoms with E-state index in [0.29, 0.717) is 26.1 Å². The molecule has 0 radical (unpaired) electrons. The lowest BCUT2D eigenvalue weighted by Crippen LogP contribution is -2.44. The van der Waals surface area contributed by atoms with Crippen LogP contribution >= 0.6 is 0 Å². The predicted octanol–water partition coefficient (Wildman–Crippen LogP) is 4.21. The quantitative estimate of drug-likeness (QED) is 0.343. The van der Waals surface area contributed by atoms with Gasteiger partial charge in [-0.2, -0.15) is 4.65 Å². The van der Waals surface area contributed by atoms with E-state index in [9.17, 15) is 10.3 Å². The van der Waals surface area contributed by atoms with Gasteiger partial charge in [0.05, 0.1) is 12.5 Å². The first-order valence-electron chi connectivity index (χ1n) is 8.54. The Bertz CT molecular complexity index is 935. The summed E-state index contributed by atoms with van der Waals surface area (Å²) in [6.45, 7) is 1.17. The van der Waals surface area contributed by atoms with Gasteiger partial charge in [0.1, 0.15) is 12.3 Å². The van der Waals surface area contributed by atoms with Crippen molar-refractivity contribution in [1.29, 1.82) is 0 Å². The third-order valence-corrected chi connectivity index (χ3v) is 4.61. The Hall–Kier alpha value is -2.96. The molecule has 0 aliphatic heterocycles. The molecule has 134 valence electrons. The van der Waals surface area contributed by atoms with Gasteiger partial charge in [-0.25, -0.2) is 5.21 Å². The highest BCUT2D eigenvalue weighted by Gasteiger charge is 2.29. The number of phenolic OH excluding ortho intramolecular Hbond substituents is 1. The molecule has 6 heteroatoms. The van der Waals surface area contributed by atoms with E-state index in [4.69, 9.17) is 8.83 Å². The van der Waals surface area contributed by atoms with Gasteiger partial charge in [0.2, 0.25) is 0 Å². The number of rotatable bonds is 7. The molecular weight excluding hydrogens is 332 g/mol. The van der Waals surface area contributed by atoms with Crippen LogP contribution in [0.25, 0.3) is 10.9 Å². The Labute approximate surface area is 150 Å². The molecule has 0 saturated heterocycles. The van der Waals surface area contributed by atoms with Crippen LogP contribution in [0.3, 0.4) is 0 Å². The second-order valence-electron chi connectivity index (χ2n) is 6.59. The van der Waals surface area contributed by atoms with Crippen LogP contribution in [-0.4, -0.2) is 26.5 Å². The van der Waals surface area contributed by atoms with Gasteiger partial charge < -0.3 is 18.9 Å². The van der Waals surface area contributed by atoms with E-state index in [1.54, 1.807) is 24.7 Å². The van der Waals surface area contributed by atoms with Crippen molar-refractivity contribution in [1.82, 2.24) is 4.98 Å². The fraction of sp³-hybridized carbons (Fsp3) is 0.200. The fourth-order valence-corrected chi connectivity index (χ4v) is 3.30. The minimum absolute atomic E-state index is 0.230. The normalized spacial score (nSPS) is 12.0. The Balaban J connectivity index is 1.56. The highest BCUT2D eigenvalue weighted by Crippen LogP contribution is 2.25. The van der Waals surface area contributed by atoms with Crippen LogP contribution in [-0.2, 0) is 19.5 Å². The SMILES string of the molecule is Oc1ccc2[nH]cc(CC[N+](O)(Cc3ccco3)Cc3ccco3)c2c1. The Kier molecular flexibility index (Phi) is 4.28. The summed E-state index contributed by atoms with van der Waals surface area (Å²) in [5.41, 5.74) is 2.01. The van der Waals surface area contributed by atoms with Crippen molar-refractivity contribution in [3.8, 4) is 5.75 Å². The molecule has 0 unspecified atom stereocenters. The van der Waals surface area contributed by atoms with Crippen molar-refractivity contribution < 1.29 is 23.8 Å². The lowest BCUT2D eigenvalue weighted by atomic mass is 10.1. The summed E-state index contributed by atoms with van der Waals surface area (Å²) in [6, 6.07) is 12.6. The van der Waals surface area contributed by atoms with Crippen molar-refractivity contribution in [3.05, 3.63) is 78.3 Å². The van der Waals surface area contributed by atoms with E-state index in [1.807, 2.05) is 36.5 Å². The number of aromatic amines is 1. The van der Waals surface area contributed by atoms with Gasteiger partial charge in [0, 0.05) is 23.5 Å². The zero-order valence-corrected chi connectivity index (χ0v) is 14.3. The van der Waals surface area contributed by atoms with Crippen LogP contribution in [0, 0.1) is 0 Å². The van der Waals surface area contributed by atoms with Gasteiger partial charge in [-0.15, -0.1) is 0 Å². The number of nitrogens with one attached hydrogen (secondary N) is 1. The highest BCUT2D eigenvalue weighted by atomic mass is 16.5. The molecule has 4 rings (SSSR count). The van der Waals surface area contributed by atoms with Gasteiger partial charge in [-0.1, -0.05) is 0 Å². The number of hydroxylamine groups is 3. The van der Waals surface area contributed by atoms with E-state index >= 15 is 0 Å². The average Bonchev–Trinajstić information content (AvgIpc) is 3.35. The van der Waals surface area contributed by atoms with Gasteiger partial charge in [-0.3, -0.25) is 0 Å². The molecule has 0 spiro atoms. The maximum Gasteiger partial charge on any atom is 0.167 e. The minimum Gasteiger partial charge on any atom is -0.508 e. The lowest BCUT2D eigenvalue weighted by molar-refractivity contribution is -1.12. The Morgan fingerprint density at radius 1 is 0.962 bits per heavy atom. The number of hydrogen-bond donors (Lipinski definition) is 3. The number of aromatic nitrogens is 1. The number of aromatic hydroxyl groups is 1. The third-order valence-electron chi connectivity index (χ3n) is 4.61. The summed E-state index contributed by atoms with van der Waals surface area (Å²) in [4.78, 5) is 3.21. The molecule has 0 saturated carbocycles. The van der Waals surface area contributed by atoms with Crippen molar-refractivity contribution in [2.24, 2.45) is 0 Å². The van der Waals surface area contributed by atoms with E-state index in [1.165, 1.54) is 0 Å². The number of quaternary nitrogens is 1. The zero-order chi connectivity index (χ0) is 18.0. The molecular formula is C20H21N2O4+. The van der Waals surface area contributed by atoms with Crippen molar-refractivity contribution in [2.45, 2.75) is 19.5 Å². The molecule has 6 nitrogen and oxygen atoms in total. The molecule has 0 amide bonds. The summed E-state index contributed by atoms with van der Waals surface area (Å²) in [6.07, 6.45) is 5.78. The van der Waals surface area contributed by atoms with Gasteiger partial charge in [0.25, 0.3) is 0 Å². The predicted molar refractivity (Wildman–Crippen MR) is 95.4 cm³/mol.